The van der Waals surface area contributed by atoms with Gasteiger partial charge in [0.05, 0.1) is 19.5 Å². The molecule has 2 saturated heterocycles. The maximum absolute atomic E-state index is 12.3. The Hall–Kier alpha value is -3.56. The lowest BCUT2D eigenvalue weighted by atomic mass is 9.93. The third-order valence-corrected chi connectivity index (χ3v) is 6.42. The van der Waals surface area contributed by atoms with Gasteiger partial charge in [-0.2, -0.15) is 0 Å². The van der Waals surface area contributed by atoms with Crippen molar-refractivity contribution in [2.45, 2.75) is 51.2 Å². The van der Waals surface area contributed by atoms with Crippen LogP contribution >= 0.6 is 0 Å². The Morgan fingerprint density at radius 3 is 2.70 bits per heavy atom. The summed E-state index contributed by atoms with van der Waals surface area (Å²) < 4.78 is 12.3. The lowest BCUT2D eigenvalue weighted by molar-refractivity contribution is -0.147. The van der Waals surface area contributed by atoms with E-state index in [9.17, 15) is 24.6 Å². The van der Waals surface area contributed by atoms with E-state index in [2.05, 4.69) is 25.6 Å². The van der Waals surface area contributed by atoms with Gasteiger partial charge in [0, 0.05) is 26.1 Å². The number of piperidine rings is 1. The lowest BCUT2D eigenvalue weighted by Gasteiger charge is -2.33. The SMILES string of the molecule is CCNC(=O)[C@@H](OCn1cnc2c(N)nc(CC3CCN(C(=O)OC4CNC4=O)CC3)nc21)C(O)CO. The number of anilines is 1. The molecule has 2 aliphatic rings. The molecule has 0 spiro atoms. The molecule has 37 heavy (non-hydrogen) atoms. The molecule has 0 aliphatic carbocycles. The smallest absolute Gasteiger partial charge is 0.410 e. The van der Waals surface area contributed by atoms with Crippen LogP contribution in [0.25, 0.3) is 11.2 Å². The van der Waals surface area contributed by atoms with Crippen molar-refractivity contribution < 1.29 is 34.1 Å². The van der Waals surface area contributed by atoms with E-state index in [1.807, 2.05) is 0 Å². The Morgan fingerprint density at radius 2 is 2.08 bits per heavy atom. The molecule has 15 nitrogen and oxygen atoms in total. The van der Waals surface area contributed by atoms with Gasteiger partial charge >= 0.3 is 6.09 Å². The van der Waals surface area contributed by atoms with Gasteiger partial charge in [-0.25, -0.2) is 19.7 Å². The maximum atomic E-state index is 12.3. The first kappa shape index (κ1) is 26.5. The number of carbonyl (C=O) groups is 3. The summed E-state index contributed by atoms with van der Waals surface area (Å²) >= 11 is 0. The van der Waals surface area contributed by atoms with E-state index >= 15 is 0 Å². The molecule has 2 aliphatic heterocycles. The molecule has 6 N–H and O–H groups in total. The fourth-order valence-electron chi connectivity index (χ4n) is 4.23. The standard InChI is InChI=1S/C22H32N8O7/c1-2-24-21(34)17(13(32)9-31)36-11-30-10-26-16-18(23)27-15(28-19(16)30)7-12-3-5-29(6-4-12)22(35)37-14-8-25-20(14)33/h10,12-14,17,31-32H,2-9,11H2,1H3,(H,24,34)(H,25,33)(H2,23,27,28)/t13?,14?,17-/m0/s1. The number of hydrogen-bond donors (Lipinski definition) is 5. The van der Waals surface area contributed by atoms with Crippen LogP contribution in [-0.4, -0.2) is 104 Å². The predicted molar refractivity (Wildman–Crippen MR) is 128 cm³/mol. The topological polar surface area (TPSA) is 207 Å². The zero-order valence-corrected chi connectivity index (χ0v) is 20.5. The van der Waals surface area contributed by atoms with E-state index in [1.54, 1.807) is 16.4 Å². The first-order valence-electron chi connectivity index (χ1n) is 12.2. The average Bonchev–Trinajstić information content (AvgIpc) is 3.30. The lowest BCUT2D eigenvalue weighted by Crippen LogP contribution is -2.56. The second-order valence-electron chi connectivity index (χ2n) is 9.02. The number of aliphatic hydroxyl groups is 2. The van der Waals surface area contributed by atoms with E-state index in [0.717, 1.165) is 0 Å². The zero-order chi connectivity index (χ0) is 26.5. The fourth-order valence-corrected chi connectivity index (χ4v) is 4.23. The average molecular weight is 521 g/mol. The number of hydrogen-bond acceptors (Lipinski definition) is 11. The van der Waals surface area contributed by atoms with Gasteiger partial charge in [0.15, 0.2) is 23.7 Å². The summed E-state index contributed by atoms with van der Waals surface area (Å²) in [4.78, 5) is 50.6. The molecule has 202 valence electrons. The van der Waals surface area contributed by atoms with Crippen LogP contribution in [0.2, 0.25) is 0 Å². The van der Waals surface area contributed by atoms with Crippen LogP contribution in [0.3, 0.4) is 0 Å². The molecule has 4 heterocycles. The number of aliphatic hydroxyl groups excluding tert-OH is 2. The minimum atomic E-state index is -1.40. The Balaban J connectivity index is 1.37. The molecule has 3 atom stereocenters. The van der Waals surface area contributed by atoms with Crippen LogP contribution < -0.4 is 16.4 Å². The van der Waals surface area contributed by atoms with Crippen molar-refractivity contribution in [1.29, 1.82) is 0 Å². The van der Waals surface area contributed by atoms with Gasteiger partial charge < -0.3 is 41.0 Å². The summed E-state index contributed by atoms with van der Waals surface area (Å²) in [6.45, 7) is 2.61. The van der Waals surface area contributed by atoms with Crippen molar-refractivity contribution in [1.82, 2.24) is 35.1 Å². The number of β-lactam (4-membered cyclic amide) rings is 1. The molecule has 2 aromatic heterocycles. The van der Waals surface area contributed by atoms with Gasteiger partial charge in [0.1, 0.15) is 24.2 Å². The van der Waals surface area contributed by atoms with E-state index in [4.69, 9.17) is 15.2 Å². The number of aromatic nitrogens is 4. The zero-order valence-electron chi connectivity index (χ0n) is 20.5. The number of likely N-dealkylation sites (N-methyl/N-ethyl adjacent to an activating group) is 1. The largest absolute Gasteiger partial charge is 0.434 e. The summed E-state index contributed by atoms with van der Waals surface area (Å²) in [6, 6.07) is 0. The van der Waals surface area contributed by atoms with Crippen LogP contribution in [0.15, 0.2) is 6.33 Å². The molecule has 2 aromatic rings. The number of amides is 3. The van der Waals surface area contributed by atoms with E-state index in [0.29, 0.717) is 62.4 Å². The number of fused-ring (bicyclic) bond motifs is 1. The summed E-state index contributed by atoms with van der Waals surface area (Å²) in [5.74, 6) is 0.0999. The van der Waals surface area contributed by atoms with Crippen molar-refractivity contribution in [3.8, 4) is 0 Å². The first-order chi connectivity index (χ1) is 17.8. The molecule has 0 radical (unpaired) electrons. The number of imidazole rings is 1. The highest BCUT2D eigenvalue weighted by molar-refractivity contribution is 5.88. The van der Waals surface area contributed by atoms with Crippen molar-refractivity contribution in [3.05, 3.63) is 12.2 Å². The Kier molecular flexibility index (Phi) is 8.35. The van der Waals surface area contributed by atoms with Crippen molar-refractivity contribution in [2.24, 2.45) is 5.92 Å². The number of ether oxygens (including phenoxy) is 2. The van der Waals surface area contributed by atoms with Gasteiger partial charge in [0.2, 0.25) is 0 Å². The minimum Gasteiger partial charge on any atom is -0.434 e. The van der Waals surface area contributed by atoms with Crippen LogP contribution in [0.4, 0.5) is 10.6 Å². The van der Waals surface area contributed by atoms with Crippen LogP contribution in [0.5, 0.6) is 0 Å². The molecular weight excluding hydrogens is 488 g/mol. The molecule has 0 bridgehead atoms. The molecule has 3 amide bonds. The minimum absolute atomic E-state index is 0.162. The molecule has 0 aromatic carbocycles. The van der Waals surface area contributed by atoms with Crippen molar-refractivity contribution in [3.63, 3.8) is 0 Å². The summed E-state index contributed by atoms with van der Waals surface area (Å²) in [6.07, 6.45) is -0.461. The van der Waals surface area contributed by atoms with Gasteiger partial charge in [0.25, 0.3) is 11.8 Å². The Bertz CT molecular complexity index is 1130. The normalized spacial score (nSPS) is 19.7. The monoisotopic (exact) mass is 520 g/mol. The first-order valence-corrected chi connectivity index (χ1v) is 12.2. The van der Waals surface area contributed by atoms with Crippen LogP contribution in [0, 0.1) is 5.92 Å². The van der Waals surface area contributed by atoms with Gasteiger partial charge in [-0.3, -0.25) is 14.2 Å². The van der Waals surface area contributed by atoms with Crippen molar-refractivity contribution in [2.75, 3.05) is 38.5 Å². The highest BCUT2D eigenvalue weighted by atomic mass is 16.6. The van der Waals surface area contributed by atoms with Gasteiger partial charge in [-0.1, -0.05) is 0 Å². The highest BCUT2D eigenvalue weighted by Crippen LogP contribution is 2.24. The molecular formula is C22H32N8O7. The summed E-state index contributed by atoms with van der Waals surface area (Å²) in [5.41, 5.74) is 6.91. The molecule has 2 unspecified atom stereocenters. The second-order valence-corrected chi connectivity index (χ2v) is 9.02. The number of nitrogen functional groups attached to an aromatic ring is 1. The summed E-state index contributed by atoms with van der Waals surface area (Å²) in [7, 11) is 0. The number of nitrogens with zero attached hydrogens (tertiary/aromatic N) is 5. The summed E-state index contributed by atoms with van der Waals surface area (Å²) in [5, 5.41) is 24.4. The van der Waals surface area contributed by atoms with Crippen LogP contribution in [-0.2, 0) is 32.2 Å². The van der Waals surface area contributed by atoms with E-state index < -0.39 is 36.9 Å². The number of nitrogens with one attached hydrogen (secondary N) is 2. The van der Waals surface area contributed by atoms with E-state index in [1.165, 1.54) is 6.33 Å². The second kappa shape index (κ2) is 11.7. The molecule has 2 fully saturated rings. The number of likely N-dealkylation sites (tertiary alicyclic amines) is 1. The maximum Gasteiger partial charge on any atom is 0.410 e. The number of rotatable bonds is 10. The van der Waals surface area contributed by atoms with E-state index in [-0.39, 0.29) is 24.4 Å². The Morgan fingerprint density at radius 1 is 1.32 bits per heavy atom. The van der Waals surface area contributed by atoms with Crippen LogP contribution in [0.1, 0.15) is 25.6 Å². The van der Waals surface area contributed by atoms with Gasteiger partial charge in [-0.05, 0) is 25.7 Å². The molecule has 15 heteroatoms. The van der Waals surface area contributed by atoms with Crippen molar-refractivity contribution >= 4 is 34.9 Å². The highest BCUT2D eigenvalue weighted by Gasteiger charge is 2.34. The quantitative estimate of drug-likeness (QED) is 0.219. The third-order valence-electron chi connectivity index (χ3n) is 6.42. The van der Waals surface area contributed by atoms with Gasteiger partial charge in [-0.15, -0.1) is 0 Å². The fraction of sp³-hybridized carbons (Fsp3) is 0.636. The number of nitrogens with two attached hydrogens (primary N) is 1. The molecule has 0 saturated carbocycles. The third kappa shape index (κ3) is 6.06. The Labute approximate surface area is 212 Å². The number of carbonyl (C=O) groups excluding carboxylic acids is 3. The molecule has 4 rings (SSSR count). The predicted octanol–water partition coefficient (Wildman–Crippen LogP) is -1.87.